The highest BCUT2D eigenvalue weighted by Gasteiger charge is 2.60. The molecule has 1 aromatic carbocycles. The van der Waals surface area contributed by atoms with Crippen LogP contribution in [0.5, 0.6) is 0 Å². The molecule has 2 atom stereocenters. The number of piperidine rings is 1. The van der Waals surface area contributed by atoms with E-state index in [1.165, 1.54) is 35.4 Å². The van der Waals surface area contributed by atoms with Crippen molar-refractivity contribution in [2.45, 2.75) is 34.3 Å². The summed E-state index contributed by atoms with van der Waals surface area (Å²) in [7, 11) is -4.05. The molecule has 0 radical (unpaired) electrons. The van der Waals surface area contributed by atoms with Crippen LogP contribution in [0.15, 0.2) is 45.5 Å². The van der Waals surface area contributed by atoms with Gasteiger partial charge in [-0.25, -0.2) is 12.8 Å². The minimum Gasteiger partial charge on any atom is -0.388 e. The maximum Gasteiger partial charge on any atom is 0.419 e. The summed E-state index contributed by atoms with van der Waals surface area (Å²) in [4.78, 5) is 15.7. The van der Waals surface area contributed by atoms with Gasteiger partial charge in [0.1, 0.15) is 16.1 Å². The molecule has 178 valence electrons. The van der Waals surface area contributed by atoms with Crippen LogP contribution in [-0.2, 0) is 15.6 Å². The van der Waals surface area contributed by atoms with Gasteiger partial charge in [0.2, 0.25) is 0 Å². The van der Waals surface area contributed by atoms with E-state index in [-0.39, 0.29) is 26.7 Å². The molecule has 7 nitrogen and oxygen atoms in total. The number of alkyl halides is 3. The highest BCUT2D eigenvalue weighted by atomic mass is 32.2. The predicted octanol–water partition coefficient (Wildman–Crippen LogP) is 2.57. The monoisotopic (exact) mass is 506 g/mol. The normalized spacial score (nSPS) is 22.1. The lowest BCUT2D eigenvalue weighted by Gasteiger charge is -2.43. The van der Waals surface area contributed by atoms with Crippen LogP contribution in [0.1, 0.15) is 12.0 Å². The number of rotatable bonds is 4. The fourth-order valence-electron chi connectivity index (χ4n) is 3.74. The van der Waals surface area contributed by atoms with Crippen molar-refractivity contribution in [2.24, 2.45) is 0 Å². The summed E-state index contributed by atoms with van der Waals surface area (Å²) in [6.45, 7) is -0.798. The van der Waals surface area contributed by atoms with Gasteiger partial charge in [-0.1, -0.05) is 0 Å². The van der Waals surface area contributed by atoms with Crippen LogP contribution in [0.3, 0.4) is 0 Å². The number of aliphatic hydroxyl groups is 2. The van der Waals surface area contributed by atoms with Gasteiger partial charge < -0.3 is 20.1 Å². The number of sulfone groups is 1. The average molecular weight is 506 g/mol. The summed E-state index contributed by atoms with van der Waals surface area (Å²) in [6, 6.07) is 6.36. The molecule has 1 aliphatic rings. The number of β-amino-alcohol motifs (C(OH)–C–C–N with tert-alkyl or cyclic N) is 1. The first-order valence-electron chi connectivity index (χ1n) is 9.66. The van der Waals surface area contributed by atoms with E-state index in [0.29, 0.717) is 5.39 Å². The Kier molecular flexibility index (Phi) is 5.79. The Morgan fingerprint density at radius 2 is 1.97 bits per heavy atom. The standard InChI is InChI=1S/C20H18F4N2O5S2/c21-14-8-11-3-5-25-18(28)13(11)7-12(14)10-33(30,31)17-2-1-16(32-17)26-6-4-19(29,15(27)9-26)20(22,23)24/h1-3,5,7-8,15,27,29H,4,6,9-10H2,(H,25,28). The number of benzene rings is 1. The maximum absolute atomic E-state index is 14.5. The molecule has 3 heterocycles. The SMILES string of the molecule is O=c1[nH]ccc2cc(F)c(CS(=O)(=O)c3ccc(N4CCC(O)(C(F)(F)F)C(O)C4)s3)cc12. The molecule has 3 aromatic rings. The fourth-order valence-corrected chi connectivity index (χ4v) is 6.50. The molecule has 1 aliphatic heterocycles. The number of H-pyrrole nitrogens is 1. The minimum absolute atomic E-state index is 0.135. The van der Waals surface area contributed by atoms with Crippen LogP contribution in [-0.4, -0.2) is 54.6 Å². The molecule has 2 unspecified atom stereocenters. The molecule has 1 fully saturated rings. The number of aromatic nitrogens is 1. The number of aromatic amines is 1. The molecule has 0 spiro atoms. The number of aliphatic hydroxyl groups excluding tert-OH is 1. The summed E-state index contributed by atoms with van der Waals surface area (Å²) in [6.07, 6.45) is -6.55. The van der Waals surface area contributed by atoms with Gasteiger partial charge in [0.15, 0.2) is 15.4 Å². The van der Waals surface area contributed by atoms with E-state index in [2.05, 4.69) is 4.98 Å². The van der Waals surface area contributed by atoms with Crippen molar-refractivity contribution in [3.8, 4) is 0 Å². The van der Waals surface area contributed by atoms with Crippen molar-refractivity contribution in [1.82, 2.24) is 4.98 Å². The molecule has 0 saturated carbocycles. The second kappa shape index (κ2) is 8.08. The zero-order valence-corrected chi connectivity index (χ0v) is 18.4. The zero-order chi connectivity index (χ0) is 24.2. The molecular weight excluding hydrogens is 488 g/mol. The number of pyridine rings is 1. The lowest BCUT2D eigenvalue weighted by molar-refractivity contribution is -0.294. The van der Waals surface area contributed by atoms with E-state index in [1.807, 2.05) is 0 Å². The Hall–Kier alpha value is -2.48. The van der Waals surface area contributed by atoms with Crippen LogP contribution >= 0.6 is 11.3 Å². The Balaban J connectivity index is 1.57. The van der Waals surface area contributed by atoms with E-state index in [1.54, 1.807) is 0 Å². The first kappa shape index (κ1) is 23.7. The van der Waals surface area contributed by atoms with Gasteiger partial charge in [-0.2, -0.15) is 13.2 Å². The molecular formula is C20H18F4N2O5S2. The molecule has 0 aliphatic carbocycles. The number of hydrogen-bond donors (Lipinski definition) is 3. The highest BCUT2D eigenvalue weighted by Crippen LogP contribution is 2.41. The van der Waals surface area contributed by atoms with Crippen LogP contribution in [0.2, 0.25) is 0 Å². The molecule has 1 saturated heterocycles. The van der Waals surface area contributed by atoms with Crippen molar-refractivity contribution >= 4 is 36.9 Å². The molecule has 13 heteroatoms. The van der Waals surface area contributed by atoms with E-state index in [9.17, 15) is 41.0 Å². The van der Waals surface area contributed by atoms with Crippen molar-refractivity contribution < 1.29 is 36.2 Å². The lowest BCUT2D eigenvalue weighted by Crippen LogP contribution is -2.62. The van der Waals surface area contributed by atoms with Gasteiger partial charge in [-0.05, 0) is 35.7 Å². The zero-order valence-electron chi connectivity index (χ0n) is 16.8. The van der Waals surface area contributed by atoms with E-state index in [0.717, 1.165) is 17.4 Å². The topological polar surface area (TPSA) is 111 Å². The number of nitrogens with one attached hydrogen (secondary N) is 1. The molecule has 2 aromatic heterocycles. The maximum atomic E-state index is 14.5. The average Bonchev–Trinajstić information content (AvgIpc) is 3.22. The van der Waals surface area contributed by atoms with Gasteiger partial charge in [-0.3, -0.25) is 4.79 Å². The smallest absolute Gasteiger partial charge is 0.388 e. The summed E-state index contributed by atoms with van der Waals surface area (Å²) >= 11 is 0.762. The summed E-state index contributed by atoms with van der Waals surface area (Å²) in [5, 5.41) is 20.4. The van der Waals surface area contributed by atoms with Gasteiger partial charge >= 0.3 is 6.18 Å². The van der Waals surface area contributed by atoms with Gasteiger partial charge in [-0.15, -0.1) is 11.3 Å². The second-order valence-electron chi connectivity index (χ2n) is 7.82. The Morgan fingerprint density at radius 3 is 2.64 bits per heavy atom. The first-order valence-corrected chi connectivity index (χ1v) is 12.1. The third kappa shape index (κ3) is 4.25. The van der Waals surface area contributed by atoms with Crippen LogP contribution in [0, 0.1) is 5.82 Å². The summed E-state index contributed by atoms with van der Waals surface area (Å²) in [5.74, 6) is -1.52. The van der Waals surface area contributed by atoms with Crippen molar-refractivity contribution in [2.75, 3.05) is 18.0 Å². The van der Waals surface area contributed by atoms with E-state index < -0.39 is 57.8 Å². The molecule has 4 rings (SSSR count). The third-order valence-corrected chi connectivity index (χ3v) is 9.06. The quantitative estimate of drug-likeness (QED) is 0.469. The number of thiophene rings is 1. The largest absolute Gasteiger partial charge is 0.419 e. The van der Waals surface area contributed by atoms with E-state index in [4.69, 9.17) is 0 Å². The minimum atomic E-state index is -5.01. The molecule has 0 bridgehead atoms. The number of nitrogens with zero attached hydrogens (tertiary/aromatic N) is 1. The predicted molar refractivity (Wildman–Crippen MR) is 114 cm³/mol. The Morgan fingerprint density at radius 1 is 1.24 bits per heavy atom. The van der Waals surface area contributed by atoms with Gasteiger partial charge in [0.05, 0.1) is 10.8 Å². The fraction of sp³-hybridized carbons (Fsp3) is 0.350. The molecule has 3 N–H and O–H groups in total. The van der Waals surface area contributed by atoms with Crippen molar-refractivity contribution in [3.05, 3.63) is 58.3 Å². The summed E-state index contributed by atoms with van der Waals surface area (Å²) < 4.78 is 79.3. The number of fused-ring (bicyclic) bond motifs is 1. The Labute approximate surface area is 188 Å². The third-order valence-electron chi connectivity index (χ3n) is 5.67. The lowest BCUT2D eigenvalue weighted by atomic mass is 9.88. The van der Waals surface area contributed by atoms with Gasteiger partial charge in [0.25, 0.3) is 5.56 Å². The van der Waals surface area contributed by atoms with Crippen LogP contribution in [0.25, 0.3) is 10.8 Å². The van der Waals surface area contributed by atoms with Crippen molar-refractivity contribution in [3.63, 3.8) is 0 Å². The second-order valence-corrected chi connectivity index (χ2v) is 11.1. The van der Waals surface area contributed by atoms with Crippen LogP contribution < -0.4 is 10.5 Å². The molecule has 33 heavy (non-hydrogen) atoms. The summed E-state index contributed by atoms with van der Waals surface area (Å²) in [5.41, 5.74) is -3.92. The first-order chi connectivity index (χ1) is 15.3. The molecule has 0 amide bonds. The number of hydrogen-bond acceptors (Lipinski definition) is 7. The Bertz CT molecular complexity index is 1370. The van der Waals surface area contributed by atoms with Gasteiger partial charge in [0, 0.05) is 36.7 Å². The van der Waals surface area contributed by atoms with Crippen LogP contribution in [0.4, 0.5) is 22.6 Å². The number of halogens is 4. The highest BCUT2D eigenvalue weighted by molar-refractivity contribution is 7.92. The van der Waals surface area contributed by atoms with E-state index >= 15 is 0 Å². The van der Waals surface area contributed by atoms with Crippen molar-refractivity contribution in [1.29, 1.82) is 0 Å². The number of anilines is 1.